The van der Waals surface area contributed by atoms with E-state index in [1.807, 2.05) is 0 Å². The predicted octanol–water partition coefficient (Wildman–Crippen LogP) is 0.294. The fraction of sp³-hybridized carbons (Fsp3) is 0.571. The van der Waals surface area contributed by atoms with E-state index in [9.17, 15) is 8.42 Å². The third-order valence-electron chi connectivity index (χ3n) is 2.30. The van der Waals surface area contributed by atoms with Crippen LogP contribution >= 0.6 is 11.6 Å². The summed E-state index contributed by atoms with van der Waals surface area (Å²) in [6.45, 7) is 0.839. The van der Waals surface area contributed by atoms with Crippen molar-refractivity contribution in [2.24, 2.45) is 0 Å². The van der Waals surface area contributed by atoms with Crippen molar-refractivity contribution in [1.29, 1.82) is 0 Å². The Kier molecular flexibility index (Phi) is 2.50. The van der Waals surface area contributed by atoms with Gasteiger partial charge >= 0.3 is 0 Å². The zero-order chi connectivity index (χ0) is 10.2. The van der Waals surface area contributed by atoms with Crippen LogP contribution in [0.4, 0.5) is 0 Å². The van der Waals surface area contributed by atoms with Crippen LogP contribution < -0.4 is 0 Å². The average Bonchev–Trinajstić information content (AvgIpc) is 2.64. The maximum absolute atomic E-state index is 11.4. The van der Waals surface area contributed by atoms with Gasteiger partial charge in [-0.2, -0.15) is 9.40 Å². The highest BCUT2D eigenvalue weighted by molar-refractivity contribution is 7.90. The summed E-state index contributed by atoms with van der Waals surface area (Å²) in [5.74, 6) is 0. The molecule has 0 fully saturated rings. The number of halogens is 1. The van der Waals surface area contributed by atoms with Gasteiger partial charge in [-0.1, -0.05) is 0 Å². The van der Waals surface area contributed by atoms with E-state index in [1.165, 1.54) is 4.31 Å². The topological polar surface area (TPSA) is 66.1 Å². The third kappa shape index (κ3) is 1.65. The van der Waals surface area contributed by atoms with Crippen molar-refractivity contribution in [3.63, 3.8) is 0 Å². The highest BCUT2D eigenvalue weighted by Crippen LogP contribution is 2.19. The average molecular weight is 236 g/mol. The van der Waals surface area contributed by atoms with Crippen molar-refractivity contribution in [1.82, 2.24) is 14.5 Å². The Morgan fingerprint density at radius 2 is 2.43 bits per heavy atom. The molecule has 14 heavy (non-hydrogen) atoms. The molecule has 1 aromatic heterocycles. The van der Waals surface area contributed by atoms with Gasteiger partial charge in [0.2, 0.25) is 10.0 Å². The van der Waals surface area contributed by atoms with Gasteiger partial charge in [-0.05, 0) is 12.0 Å². The zero-order valence-corrected chi connectivity index (χ0v) is 8.98. The van der Waals surface area contributed by atoms with Gasteiger partial charge in [-0.3, -0.25) is 5.10 Å². The van der Waals surface area contributed by atoms with Crippen LogP contribution in [-0.2, 0) is 23.0 Å². The molecule has 0 radical (unpaired) electrons. The molecule has 2 rings (SSSR count). The maximum atomic E-state index is 11.4. The van der Waals surface area contributed by atoms with Crippen LogP contribution in [0.5, 0.6) is 0 Å². The Morgan fingerprint density at radius 3 is 3.14 bits per heavy atom. The molecule has 1 aliphatic heterocycles. The van der Waals surface area contributed by atoms with E-state index in [0.717, 1.165) is 11.3 Å². The molecule has 1 aliphatic rings. The number of H-pyrrole nitrogens is 1. The van der Waals surface area contributed by atoms with Crippen molar-refractivity contribution in [2.75, 3.05) is 11.8 Å². The number of aromatic nitrogens is 2. The van der Waals surface area contributed by atoms with Gasteiger partial charge in [0.15, 0.2) is 0 Å². The Bertz CT molecular complexity index is 428. The van der Waals surface area contributed by atoms with Crippen molar-refractivity contribution in [3.05, 3.63) is 17.5 Å². The summed E-state index contributed by atoms with van der Waals surface area (Å²) in [6.07, 6.45) is 2.43. The number of nitrogens with one attached hydrogen (secondary N) is 1. The number of hydrogen-bond acceptors (Lipinski definition) is 3. The van der Waals surface area contributed by atoms with Crippen LogP contribution in [0.3, 0.4) is 0 Å². The molecule has 0 saturated carbocycles. The van der Waals surface area contributed by atoms with Gasteiger partial charge in [-0.15, -0.1) is 11.6 Å². The largest absolute Gasteiger partial charge is 0.281 e. The van der Waals surface area contributed by atoms with E-state index < -0.39 is 10.0 Å². The van der Waals surface area contributed by atoms with Crippen LogP contribution in [0.25, 0.3) is 0 Å². The first kappa shape index (κ1) is 9.95. The summed E-state index contributed by atoms with van der Waals surface area (Å²) in [5, 5.41) is 6.29. The van der Waals surface area contributed by atoms with E-state index in [4.69, 9.17) is 11.6 Å². The Balaban J connectivity index is 2.23. The van der Waals surface area contributed by atoms with Gasteiger partial charge in [0, 0.05) is 6.54 Å². The molecule has 0 amide bonds. The predicted molar refractivity (Wildman–Crippen MR) is 52.3 cm³/mol. The number of sulfonamides is 1. The number of hydrogen-bond donors (Lipinski definition) is 1. The Labute approximate surface area is 87.1 Å². The normalized spacial score (nSPS) is 18.1. The standard InChI is InChI=1S/C7H10ClN3O2S/c8-5-14(12,13)11-2-1-6-3-9-10-7(6)4-11/h3H,1-2,4-5H2,(H,9,10). The van der Waals surface area contributed by atoms with Gasteiger partial charge < -0.3 is 0 Å². The zero-order valence-electron chi connectivity index (χ0n) is 7.40. The van der Waals surface area contributed by atoms with Crippen LogP contribution in [0.1, 0.15) is 11.3 Å². The second-order valence-corrected chi connectivity index (χ2v) is 5.73. The van der Waals surface area contributed by atoms with Crippen molar-refractivity contribution in [2.45, 2.75) is 13.0 Å². The SMILES string of the molecule is O=S(=O)(CCl)N1CCc2cn[nH]c2C1. The summed E-state index contributed by atoms with van der Waals surface area (Å²) in [6, 6.07) is 0. The van der Waals surface area contributed by atoms with E-state index in [1.54, 1.807) is 6.20 Å². The van der Waals surface area contributed by atoms with Crippen LogP contribution in [0.15, 0.2) is 6.20 Å². The van der Waals surface area contributed by atoms with E-state index in [2.05, 4.69) is 10.2 Å². The second kappa shape index (κ2) is 3.52. The molecule has 7 heteroatoms. The molecule has 0 saturated heterocycles. The molecule has 1 aromatic rings. The minimum Gasteiger partial charge on any atom is -0.281 e. The molecule has 0 bridgehead atoms. The summed E-state index contributed by atoms with van der Waals surface area (Å²) in [5.41, 5.74) is 1.95. The van der Waals surface area contributed by atoms with Crippen LogP contribution in [0.2, 0.25) is 0 Å². The molecular formula is C7H10ClN3O2S. The number of aromatic amines is 1. The lowest BCUT2D eigenvalue weighted by molar-refractivity contribution is 0.390. The molecule has 5 nitrogen and oxygen atoms in total. The number of fused-ring (bicyclic) bond motifs is 1. The Hall–Kier alpha value is -0.590. The molecule has 0 unspecified atom stereocenters. The first-order valence-electron chi connectivity index (χ1n) is 4.18. The van der Waals surface area contributed by atoms with Gasteiger partial charge in [0.1, 0.15) is 5.21 Å². The highest BCUT2D eigenvalue weighted by atomic mass is 35.5. The number of rotatable bonds is 2. The monoisotopic (exact) mass is 235 g/mol. The maximum Gasteiger partial charge on any atom is 0.228 e. The van der Waals surface area contributed by atoms with Gasteiger partial charge in [0.25, 0.3) is 0 Å². The van der Waals surface area contributed by atoms with Crippen LogP contribution in [-0.4, -0.2) is 34.7 Å². The highest BCUT2D eigenvalue weighted by Gasteiger charge is 2.26. The number of nitrogens with zero attached hydrogens (tertiary/aromatic N) is 2. The first-order chi connectivity index (χ1) is 6.63. The molecule has 0 aromatic carbocycles. The first-order valence-corrected chi connectivity index (χ1v) is 6.33. The second-order valence-electron chi connectivity index (χ2n) is 3.18. The minimum absolute atomic E-state index is 0.352. The lowest BCUT2D eigenvalue weighted by Gasteiger charge is -2.24. The number of alkyl halides is 1. The quantitative estimate of drug-likeness (QED) is 0.750. The molecular weight excluding hydrogens is 226 g/mol. The molecule has 0 atom stereocenters. The van der Waals surface area contributed by atoms with Crippen molar-refractivity contribution in [3.8, 4) is 0 Å². The third-order valence-corrected chi connectivity index (χ3v) is 4.51. The summed E-state index contributed by atoms with van der Waals surface area (Å²) in [7, 11) is -3.29. The van der Waals surface area contributed by atoms with E-state index in [0.29, 0.717) is 19.5 Å². The Morgan fingerprint density at radius 1 is 1.64 bits per heavy atom. The summed E-state index contributed by atoms with van der Waals surface area (Å²) in [4.78, 5) is 0. The summed E-state index contributed by atoms with van der Waals surface area (Å²) >= 11 is 5.37. The fourth-order valence-corrected chi connectivity index (χ4v) is 2.74. The van der Waals surface area contributed by atoms with E-state index >= 15 is 0 Å². The summed E-state index contributed by atoms with van der Waals surface area (Å²) < 4.78 is 24.3. The van der Waals surface area contributed by atoms with E-state index in [-0.39, 0.29) is 5.21 Å². The van der Waals surface area contributed by atoms with Gasteiger partial charge in [0.05, 0.1) is 18.4 Å². The lowest BCUT2D eigenvalue weighted by Crippen LogP contribution is -2.36. The molecule has 1 N–H and O–H groups in total. The molecule has 78 valence electrons. The smallest absolute Gasteiger partial charge is 0.228 e. The molecule has 0 aliphatic carbocycles. The van der Waals surface area contributed by atoms with Crippen molar-refractivity contribution < 1.29 is 8.42 Å². The lowest BCUT2D eigenvalue weighted by atomic mass is 10.1. The van der Waals surface area contributed by atoms with Crippen molar-refractivity contribution >= 4 is 21.6 Å². The van der Waals surface area contributed by atoms with Crippen LogP contribution in [0, 0.1) is 0 Å². The molecule has 2 heterocycles. The molecule has 0 spiro atoms. The fourth-order valence-electron chi connectivity index (χ4n) is 1.50. The minimum atomic E-state index is -3.29. The van der Waals surface area contributed by atoms with Gasteiger partial charge in [-0.25, -0.2) is 8.42 Å².